The highest BCUT2D eigenvalue weighted by atomic mass is 32.2. The van der Waals surface area contributed by atoms with Crippen molar-refractivity contribution in [1.29, 1.82) is 0 Å². The van der Waals surface area contributed by atoms with Crippen molar-refractivity contribution in [2.24, 2.45) is 5.10 Å². The summed E-state index contributed by atoms with van der Waals surface area (Å²) in [4.78, 5) is 24.3. The van der Waals surface area contributed by atoms with Crippen LogP contribution in [0.15, 0.2) is 84.0 Å². The number of hydrazone groups is 1. The number of hydrogen-bond acceptors (Lipinski definition) is 7. The zero-order chi connectivity index (χ0) is 26.0. The fraction of sp³-hybridized carbons (Fsp3) is 0.160. The largest absolute Gasteiger partial charge is 0.495 e. The van der Waals surface area contributed by atoms with Gasteiger partial charge in [0.1, 0.15) is 18.0 Å². The van der Waals surface area contributed by atoms with Gasteiger partial charge in [0.2, 0.25) is 10.0 Å². The molecule has 0 aliphatic carbocycles. The zero-order valence-corrected chi connectivity index (χ0v) is 20.6. The first-order valence-corrected chi connectivity index (χ1v) is 12.6. The Kier molecular flexibility index (Phi) is 9.01. The van der Waals surface area contributed by atoms with Crippen LogP contribution in [0.5, 0.6) is 11.5 Å². The summed E-state index contributed by atoms with van der Waals surface area (Å²) in [6.07, 6.45) is 2.41. The van der Waals surface area contributed by atoms with Gasteiger partial charge in [-0.05, 0) is 54.1 Å². The molecule has 11 heteroatoms. The van der Waals surface area contributed by atoms with Crippen LogP contribution in [0.1, 0.15) is 5.56 Å². The van der Waals surface area contributed by atoms with E-state index in [1.165, 1.54) is 13.3 Å². The minimum atomic E-state index is -3.76. The lowest BCUT2D eigenvalue weighted by Crippen LogP contribution is -2.39. The SMILES string of the molecule is COc1ccccc1N(CC(=O)N/N=C/c1ccc(OCC(=O)Nc2ccccc2)cc1)S(C)(=O)=O. The molecule has 2 N–H and O–H groups in total. The Morgan fingerprint density at radius 2 is 1.61 bits per heavy atom. The van der Waals surface area contributed by atoms with Gasteiger partial charge >= 0.3 is 0 Å². The van der Waals surface area contributed by atoms with Gasteiger partial charge in [0, 0.05) is 5.69 Å². The Hall–Kier alpha value is -4.38. The monoisotopic (exact) mass is 510 g/mol. The lowest BCUT2D eigenvalue weighted by atomic mass is 10.2. The maximum atomic E-state index is 12.4. The van der Waals surface area contributed by atoms with E-state index in [-0.39, 0.29) is 18.2 Å². The molecule has 0 saturated heterocycles. The van der Waals surface area contributed by atoms with E-state index in [0.29, 0.717) is 22.7 Å². The first-order valence-electron chi connectivity index (χ1n) is 10.8. The van der Waals surface area contributed by atoms with Crippen molar-refractivity contribution in [3.05, 3.63) is 84.4 Å². The number of hydrogen-bond donors (Lipinski definition) is 2. The van der Waals surface area contributed by atoms with Gasteiger partial charge in [-0.25, -0.2) is 13.8 Å². The van der Waals surface area contributed by atoms with Gasteiger partial charge < -0.3 is 14.8 Å². The van der Waals surface area contributed by atoms with Crippen LogP contribution in [0.25, 0.3) is 0 Å². The Balaban J connectivity index is 1.52. The molecule has 3 aromatic rings. The molecule has 2 amide bonds. The summed E-state index contributed by atoms with van der Waals surface area (Å²) in [5, 5.41) is 6.61. The molecule has 0 aromatic heterocycles. The third-order valence-electron chi connectivity index (χ3n) is 4.75. The van der Waals surface area contributed by atoms with Gasteiger partial charge in [-0.2, -0.15) is 5.10 Å². The molecular weight excluding hydrogens is 484 g/mol. The van der Waals surface area contributed by atoms with Crippen molar-refractivity contribution in [3.63, 3.8) is 0 Å². The first kappa shape index (κ1) is 26.2. The lowest BCUT2D eigenvalue weighted by molar-refractivity contribution is -0.119. The molecule has 0 aliphatic rings. The molecule has 0 heterocycles. The third-order valence-corrected chi connectivity index (χ3v) is 5.88. The van der Waals surface area contributed by atoms with Crippen LogP contribution in [0.4, 0.5) is 11.4 Å². The molecule has 0 aliphatic heterocycles. The molecule has 0 unspecified atom stereocenters. The van der Waals surface area contributed by atoms with Crippen molar-refractivity contribution in [2.45, 2.75) is 0 Å². The summed E-state index contributed by atoms with van der Waals surface area (Å²) in [7, 11) is -2.34. The number of para-hydroxylation sites is 3. The number of carbonyl (C=O) groups excluding carboxylic acids is 2. The highest BCUT2D eigenvalue weighted by Crippen LogP contribution is 2.29. The van der Waals surface area contributed by atoms with Gasteiger partial charge in [-0.15, -0.1) is 0 Å². The van der Waals surface area contributed by atoms with E-state index >= 15 is 0 Å². The van der Waals surface area contributed by atoms with Crippen LogP contribution >= 0.6 is 0 Å². The third kappa shape index (κ3) is 7.84. The van der Waals surface area contributed by atoms with Gasteiger partial charge in [0.25, 0.3) is 11.8 Å². The number of sulfonamides is 1. The smallest absolute Gasteiger partial charge is 0.262 e. The normalized spacial score (nSPS) is 11.1. The summed E-state index contributed by atoms with van der Waals surface area (Å²) in [6.45, 7) is -0.629. The van der Waals surface area contributed by atoms with E-state index in [1.54, 1.807) is 60.7 Å². The summed E-state index contributed by atoms with van der Waals surface area (Å²) in [5.41, 5.74) is 3.90. The van der Waals surface area contributed by atoms with Crippen molar-refractivity contribution in [1.82, 2.24) is 5.43 Å². The van der Waals surface area contributed by atoms with Crippen LogP contribution in [0, 0.1) is 0 Å². The number of nitrogens with zero attached hydrogens (tertiary/aromatic N) is 2. The van der Waals surface area contributed by atoms with E-state index in [2.05, 4.69) is 15.8 Å². The highest BCUT2D eigenvalue weighted by molar-refractivity contribution is 7.92. The lowest BCUT2D eigenvalue weighted by Gasteiger charge is -2.23. The Bertz CT molecular complexity index is 1310. The fourth-order valence-corrected chi connectivity index (χ4v) is 3.94. The predicted octanol–water partition coefficient (Wildman–Crippen LogP) is 2.63. The number of nitrogens with one attached hydrogen (secondary N) is 2. The number of rotatable bonds is 11. The Morgan fingerprint density at radius 1 is 0.944 bits per heavy atom. The van der Waals surface area contributed by atoms with Crippen LogP contribution < -0.4 is 24.5 Å². The summed E-state index contributed by atoms with van der Waals surface area (Å²) >= 11 is 0. The van der Waals surface area contributed by atoms with E-state index in [4.69, 9.17) is 9.47 Å². The number of ether oxygens (including phenoxy) is 2. The molecule has 36 heavy (non-hydrogen) atoms. The summed E-state index contributed by atoms with van der Waals surface area (Å²) in [5.74, 6) is -0.114. The van der Waals surface area contributed by atoms with Crippen LogP contribution in [0.2, 0.25) is 0 Å². The molecule has 0 saturated carbocycles. The molecule has 0 bridgehead atoms. The first-order chi connectivity index (χ1) is 17.3. The van der Waals surface area contributed by atoms with Crippen LogP contribution in [0.3, 0.4) is 0 Å². The summed E-state index contributed by atoms with van der Waals surface area (Å²) in [6, 6.07) is 22.3. The van der Waals surface area contributed by atoms with Crippen molar-refractivity contribution in [2.75, 3.05) is 36.1 Å². The maximum absolute atomic E-state index is 12.4. The number of methoxy groups -OCH3 is 1. The van der Waals surface area contributed by atoms with Gasteiger partial charge in [-0.1, -0.05) is 30.3 Å². The van der Waals surface area contributed by atoms with Crippen LogP contribution in [-0.2, 0) is 19.6 Å². The zero-order valence-electron chi connectivity index (χ0n) is 19.7. The Labute approximate surface area is 209 Å². The van der Waals surface area contributed by atoms with Crippen LogP contribution in [-0.4, -0.2) is 53.0 Å². The quantitative estimate of drug-likeness (QED) is 0.302. The molecule has 0 atom stereocenters. The molecule has 10 nitrogen and oxygen atoms in total. The number of benzene rings is 3. The average Bonchev–Trinajstić information content (AvgIpc) is 2.87. The molecule has 0 radical (unpaired) electrons. The molecule has 0 fully saturated rings. The average molecular weight is 511 g/mol. The minimum absolute atomic E-state index is 0.151. The van der Waals surface area contributed by atoms with E-state index in [9.17, 15) is 18.0 Å². The fourth-order valence-electron chi connectivity index (χ4n) is 3.08. The second-order valence-corrected chi connectivity index (χ2v) is 9.41. The number of anilines is 2. The number of carbonyl (C=O) groups is 2. The molecule has 3 aromatic carbocycles. The maximum Gasteiger partial charge on any atom is 0.262 e. The summed E-state index contributed by atoms with van der Waals surface area (Å²) < 4.78 is 36.2. The highest BCUT2D eigenvalue weighted by Gasteiger charge is 2.23. The second kappa shape index (κ2) is 12.4. The molecule has 188 valence electrons. The van der Waals surface area contributed by atoms with Gasteiger partial charge in [0.15, 0.2) is 6.61 Å². The predicted molar refractivity (Wildman–Crippen MR) is 138 cm³/mol. The van der Waals surface area contributed by atoms with Gasteiger partial charge in [0.05, 0.1) is 25.3 Å². The standard InChI is InChI=1S/C25H26N4O6S/c1-34-23-11-7-6-10-22(23)29(36(2,32)33)17-24(30)28-26-16-19-12-14-21(15-13-19)35-18-25(31)27-20-8-4-3-5-9-20/h3-16H,17-18H2,1-2H3,(H,27,31)(H,28,30)/b26-16+. The minimum Gasteiger partial charge on any atom is -0.495 e. The van der Waals surface area contributed by atoms with E-state index < -0.39 is 22.5 Å². The molecule has 0 spiro atoms. The molecular formula is C25H26N4O6S. The van der Waals surface area contributed by atoms with E-state index in [1.807, 2.05) is 18.2 Å². The van der Waals surface area contributed by atoms with Crippen molar-refractivity contribution >= 4 is 39.4 Å². The Morgan fingerprint density at radius 3 is 2.28 bits per heavy atom. The van der Waals surface area contributed by atoms with E-state index in [0.717, 1.165) is 10.6 Å². The topological polar surface area (TPSA) is 126 Å². The van der Waals surface area contributed by atoms with Crippen molar-refractivity contribution in [3.8, 4) is 11.5 Å². The van der Waals surface area contributed by atoms with Gasteiger partial charge in [-0.3, -0.25) is 13.9 Å². The number of amides is 2. The molecule has 3 rings (SSSR count). The van der Waals surface area contributed by atoms with Crippen molar-refractivity contribution < 1.29 is 27.5 Å². The second-order valence-electron chi connectivity index (χ2n) is 7.51.